The van der Waals surface area contributed by atoms with Gasteiger partial charge in [0.25, 0.3) is 0 Å². The number of hydrogen-bond donors (Lipinski definition) is 3. The van der Waals surface area contributed by atoms with E-state index < -0.39 is 35.5 Å². The van der Waals surface area contributed by atoms with E-state index >= 15 is 0 Å². The van der Waals surface area contributed by atoms with Crippen molar-refractivity contribution in [3.8, 4) is 0 Å². The predicted octanol–water partition coefficient (Wildman–Crippen LogP) is 5.84. The van der Waals surface area contributed by atoms with E-state index in [1.54, 1.807) is 7.11 Å². The summed E-state index contributed by atoms with van der Waals surface area (Å²) in [4.78, 5) is 15.6. The van der Waals surface area contributed by atoms with Gasteiger partial charge in [-0.05, 0) is 70.1 Å². The first kappa shape index (κ1) is 43.2. The van der Waals surface area contributed by atoms with Gasteiger partial charge in [-0.1, -0.05) is 62.3 Å². The Bertz CT molecular complexity index is 1220. The van der Waals surface area contributed by atoms with Gasteiger partial charge in [0, 0.05) is 50.8 Å². The number of amides is 1. The highest BCUT2D eigenvalue weighted by molar-refractivity contribution is 5.79. The highest BCUT2D eigenvalue weighted by atomic mass is 16.7. The molecule has 5 aliphatic heterocycles. The Kier molecular flexibility index (Phi) is 13.8. The number of ether oxygens (including phenoxy) is 6. The van der Waals surface area contributed by atoms with Gasteiger partial charge in [-0.15, -0.1) is 0 Å². The number of hydrogen-bond acceptors (Lipinski definition) is 10. The minimum absolute atomic E-state index is 0.0996. The number of methoxy groups -OCH3 is 1. The van der Waals surface area contributed by atoms with Crippen LogP contribution in [0.2, 0.25) is 0 Å². The molecule has 17 atom stereocenters. The zero-order chi connectivity index (χ0) is 39.1. The van der Waals surface area contributed by atoms with Gasteiger partial charge in [0.05, 0.1) is 66.5 Å². The van der Waals surface area contributed by atoms with Gasteiger partial charge in [-0.3, -0.25) is 4.79 Å². The number of aliphatic hydroxyl groups is 3. The third-order valence-electron chi connectivity index (χ3n) is 14.3. The summed E-state index contributed by atoms with van der Waals surface area (Å²) in [5.41, 5.74) is -1.11. The summed E-state index contributed by atoms with van der Waals surface area (Å²) in [6, 6.07) is 0. The van der Waals surface area contributed by atoms with Crippen LogP contribution in [0.5, 0.6) is 0 Å². The van der Waals surface area contributed by atoms with E-state index in [2.05, 4.69) is 48.5 Å². The van der Waals surface area contributed by atoms with Gasteiger partial charge in [-0.2, -0.15) is 0 Å². The summed E-state index contributed by atoms with van der Waals surface area (Å²) in [6.45, 7) is 21.9. The Morgan fingerprint density at radius 1 is 0.962 bits per heavy atom. The normalized spacial score (nSPS) is 46.5. The van der Waals surface area contributed by atoms with Crippen LogP contribution >= 0.6 is 0 Å². The summed E-state index contributed by atoms with van der Waals surface area (Å²) in [5.74, 6) is -2.87. The quantitative estimate of drug-likeness (QED) is 0.199. The van der Waals surface area contributed by atoms with Gasteiger partial charge < -0.3 is 48.6 Å². The van der Waals surface area contributed by atoms with Gasteiger partial charge in [0.2, 0.25) is 5.91 Å². The molecule has 0 aromatic heterocycles. The lowest BCUT2D eigenvalue weighted by Crippen LogP contribution is -2.57. The molecule has 0 aromatic rings. The van der Waals surface area contributed by atoms with Crippen molar-refractivity contribution < 1.29 is 48.5 Å². The third-order valence-corrected chi connectivity index (χ3v) is 14.3. The van der Waals surface area contributed by atoms with Crippen molar-refractivity contribution in [1.82, 2.24) is 4.90 Å². The van der Waals surface area contributed by atoms with Crippen LogP contribution in [0.25, 0.3) is 0 Å². The SMILES string of the molecule is CCCN(CCC)C(=O)[C@@H](C)[C@H](OC)[C@H](C)[C@H]1O[C@@]2(CC[C@@](C)([C@H]3CC[C@@](CC)([C@@H]4O[C@@H]([C@H]5O[C@@](O)(CO)[C@H](C)C[C@@H]5C)C[C@@H]4C)O3)O2)C[C@H](O)[C@H]1C. The van der Waals surface area contributed by atoms with Crippen LogP contribution in [-0.2, 0) is 33.2 Å². The maximum Gasteiger partial charge on any atom is 0.228 e. The fourth-order valence-corrected chi connectivity index (χ4v) is 11.1. The molecule has 0 radical (unpaired) electrons. The van der Waals surface area contributed by atoms with Crippen LogP contribution in [0.3, 0.4) is 0 Å². The Hall–Kier alpha value is -0.890. The molecule has 1 spiro atoms. The Morgan fingerprint density at radius 2 is 1.64 bits per heavy atom. The molecule has 1 amide bonds. The molecule has 5 saturated heterocycles. The van der Waals surface area contributed by atoms with Crippen LogP contribution in [-0.4, -0.2) is 118 Å². The lowest BCUT2D eigenvalue weighted by Gasteiger charge is -2.49. The van der Waals surface area contributed by atoms with Crippen molar-refractivity contribution in [2.75, 3.05) is 26.8 Å². The minimum Gasteiger partial charge on any atom is -0.393 e. The molecule has 0 aromatic carbocycles. The average molecular weight is 754 g/mol. The maximum absolute atomic E-state index is 13.7. The second-order valence-electron chi connectivity index (χ2n) is 18.3. The monoisotopic (exact) mass is 754 g/mol. The minimum atomic E-state index is -1.56. The van der Waals surface area contributed by atoms with E-state index in [4.69, 9.17) is 28.4 Å². The summed E-state index contributed by atoms with van der Waals surface area (Å²) in [6.07, 6.45) is 5.38. The van der Waals surface area contributed by atoms with Crippen molar-refractivity contribution in [3.63, 3.8) is 0 Å². The van der Waals surface area contributed by atoms with E-state index in [0.717, 1.165) is 64.5 Å². The van der Waals surface area contributed by atoms with Gasteiger partial charge in [-0.25, -0.2) is 0 Å². The summed E-state index contributed by atoms with van der Waals surface area (Å²) < 4.78 is 40.4. The van der Waals surface area contributed by atoms with Crippen molar-refractivity contribution >= 4 is 5.91 Å². The molecule has 11 nitrogen and oxygen atoms in total. The van der Waals surface area contributed by atoms with Gasteiger partial charge in [0.1, 0.15) is 0 Å². The van der Waals surface area contributed by atoms with Crippen molar-refractivity contribution in [2.24, 2.45) is 35.5 Å². The van der Waals surface area contributed by atoms with Crippen molar-refractivity contribution in [1.29, 1.82) is 0 Å². The lowest BCUT2D eigenvalue weighted by molar-refractivity contribution is -0.336. The Morgan fingerprint density at radius 3 is 2.25 bits per heavy atom. The highest BCUT2D eigenvalue weighted by Gasteiger charge is 2.62. The molecule has 5 aliphatic rings. The summed E-state index contributed by atoms with van der Waals surface area (Å²) in [5, 5.41) is 32.5. The average Bonchev–Trinajstić information content (AvgIpc) is 3.84. The van der Waals surface area contributed by atoms with Crippen LogP contribution in [0, 0.1) is 35.5 Å². The first-order valence-electron chi connectivity index (χ1n) is 21.2. The molecule has 3 N–H and O–H groups in total. The van der Waals surface area contributed by atoms with Crippen LogP contribution < -0.4 is 0 Å². The topological polar surface area (TPSA) is 136 Å². The largest absolute Gasteiger partial charge is 0.393 e. The van der Waals surface area contributed by atoms with Crippen LogP contribution in [0.15, 0.2) is 0 Å². The molecule has 5 heterocycles. The number of nitrogens with zero attached hydrogens (tertiary/aromatic N) is 1. The zero-order valence-electron chi connectivity index (χ0n) is 34.8. The molecule has 0 aliphatic carbocycles. The van der Waals surface area contributed by atoms with E-state index in [1.165, 1.54) is 0 Å². The molecular weight excluding hydrogens is 678 g/mol. The van der Waals surface area contributed by atoms with Crippen LogP contribution in [0.1, 0.15) is 133 Å². The smallest absolute Gasteiger partial charge is 0.228 e. The molecule has 0 unspecified atom stereocenters. The zero-order valence-corrected chi connectivity index (χ0v) is 34.8. The predicted molar refractivity (Wildman–Crippen MR) is 202 cm³/mol. The van der Waals surface area contributed by atoms with E-state index in [-0.39, 0.29) is 78.0 Å². The van der Waals surface area contributed by atoms with Gasteiger partial charge in [0.15, 0.2) is 11.6 Å². The standard InChI is InChI=1S/C42H75NO10/c1-12-19-43(20-13-2)38(46)30(9)35(48-11)29(8)36-28(7)31(45)23-41(51-36)18-17-39(10,53-41)33-15-16-40(14-3,50-33)37-26(5)22-32(49-37)34-25(4)21-27(6)42(47,24-44)52-34/h25-37,44-45,47H,12-24H2,1-11H3/t25-,26-,27+,28+,29-,30-,31-,32+,33+,34-,35+,36-,37+,39-,40-,41+,42-/m0/s1. The molecule has 308 valence electrons. The van der Waals surface area contributed by atoms with Crippen LogP contribution in [0.4, 0.5) is 0 Å². The fourth-order valence-electron chi connectivity index (χ4n) is 11.1. The Labute approximate surface area is 320 Å². The number of carbonyl (C=O) groups is 1. The molecule has 11 heteroatoms. The molecule has 0 bridgehead atoms. The molecule has 0 saturated carbocycles. The second-order valence-corrected chi connectivity index (χ2v) is 18.3. The second kappa shape index (κ2) is 16.9. The fraction of sp³-hybridized carbons (Fsp3) is 0.976. The Balaban J connectivity index is 1.28. The van der Waals surface area contributed by atoms with E-state index in [1.807, 2.05) is 25.7 Å². The van der Waals surface area contributed by atoms with Crippen molar-refractivity contribution in [3.05, 3.63) is 0 Å². The molecule has 53 heavy (non-hydrogen) atoms. The van der Waals surface area contributed by atoms with Crippen molar-refractivity contribution in [2.45, 2.75) is 199 Å². The first-order chi connectivity index (χ1) is 25.0. The molecule has 5 rings (SSSR count). The van der Waals surface area contributed by atoms with E-state index in [0.29, 0.717) is 12.8 Å². The summed E-state index contributed by atoms with van der Waals surface area (Å²) in [7, 11) is 1.67. The number of rotatable bonds is 14. The number of aliphatic hydroxyl groups excluding tert-OH is 2. The molecular formula is C42H75NO10. The van der Waals surface area contributed by atoms with E-state index in [9.17, 15) is 20.1 Å². The lowest BCUT2D eigenvalue weighted by atomic mass is 9.78. The molecule has 5 fully saturated rings. The third kappa shape index (κ3) is 8.27. The summed E-state index contributed by atoms with van der Waals surface area (Å²) >= 11 is 0. The highest BCUT2D eigenvalue weighted by Crippen LogP contribution is 2.55. The number of carbonyl (C=O) groups excluding carboxylic acids is 1. The van der Waals surface area contributed by atoms with Gasteiger partial charge >= 0.3 is 0 Å². The first-order valence-corrected chi connectivity index (χ1v) is 21.2. The maximum atomic E-state index is 13.7.